The van der Waals surface area contributed by atoms with Gasteiger partial charge in [0.05, 0.1) is 28.7 Å². The summed E-state index contributed by atoms with van der Waals surface area (Å²) >= 11 is 0. The molecule has 0 fully saturated rings. The van der Waals surface area contributed by atoms with Gasteiger partial charge in [0.15, 0.2) is 11.6 Å². The molecule has 2 aromatic carbocycles. The minimum atomic E-state index is 0.135. The number of para-hydroxylation sites is 4. The van der Waals surface area contributed by atoms with Crippen LogP contribution in [0.5, 0.6) is 0 Å². The molecule has 0 unspecified atom stereocenters. The molecule has 0 saturated heterocycles. The van der Waals surface area contributed by atoms with Crippen molar-refractivity contribution in [2.75, 3.05) is 13.2 Å². The van der Waals surface area contributed by atoms with Crippen LogP contribution in [0.2, 0.25) is 0 Å². The van der Waals surface area contributed by atoms with Gasteiger partial charge in [-0.1, -0.05) is 24.3 Å². The van der Waals surface area contributed by atoms with Crippen molar-refractivity contribution in [2.24, 2.45) is 0 Å². The zero-order valence-corrected chi connectivity index (χ0v) is 13.3. The first-order chi connectivity index (χ1) is 11.8. The summed E-state index contributed by atoms with van der Waals surface area (Å²) < 4.78 is 0. The third kappa shape index (κ3) is 3.02. The summed E-state index contributed by atoms with van der Waals surface area (Å²) in [6, 6.07) is 16.0. The molecule has 4 rings (SSSR count). The molecule has 2 heterocycles. The van der Waals surface area contributed by atoms with Gasteiger partial charge in [0.2, 0.25) is 0 Å². The number of aromatic amines is 2. The molecule has 2 aromatic heterocycles. The van der Waals surface area contributed by atoms with Gasteiger partial charge in [-0.15, -0.1) is 0 Å². The average molecular weight is 322 g/mol. The van der Waals surface area contributed by atoms with Crippen LogP contribution in [0, 0.1) is 0 Å². The van der Waals surface area contributed by atoms with Gasteiger partial charge in [0, 0.05) is 0 Å². The van der Waals surface area contributed by atoms with Crippen molar-refractivity contribution in [3.05, 3.63) is 60.2 Å². The maximum absolute atomic E-state index is 9.39. The summed E-state index contributed by atoms with van der Waals surface area (Å²) in [5.74, 6) is 1.85. The lowest BCUT2D eigenvalue weighted by Gasteiger charge is -2.15. The number of aliphatic hydroxyl groups excluding tert-OH is 1. The van der Waals surface area contributed by atoms with Crippen molar-refractivity contribution in [3.63, 3.8) is 0 Å². The van der Waals surface area contributed by atoms with Crippen LogP contribution in [0.3, 0.4) is 0 Å². The van der Waals surface area contributed by atoms with E-state index in [1.165, 1.54) is 4.90 Å². The third-order valence-corrected chi connectivity index (χ3v) is 4.18. The Kier molecular flexibility index (Phi) is 3.98. The molecule has 6 nitrogen and oxygen atoms in total. The van der Waals surface area contributed by atoms with E-state index in [1.54, 1.807) is 0 Å². The predicted octanol–water partition coefficient (Wildman–Crippen LogP) is 1.02. The zero-order valence-electron chi connectivity index (χ0n) is 13.3. The molecule has 0 aliphatic rings. The molecule has 0 aliphatic carbocycles. The highest BCUT2D eigenvalue weighted by atomic mass is 16.3. The smallest absolute Gasteiger partial charge is 0.162 e. The molecular formula is C18H20N5O+. The first-order valence-electron chi connectivity index (χ1n) is 8.13. The molecule has 0 atom stereocenters. The highest BCUT2D eigenvalue weighted by molar-refractivity contribution is 5.75. The summed E-state index contributed by atoms with van der Waals surface area (Å²) in [4.78, 5) is 17.2. The van der Waals surface area contributed by atoms with Crippen LogP contribution < -0.4 is 4.90 Å². The number of benzene rings is 2. The number of aliphatic hydroxyl groups is 1. The van der Waals surface area contributed by atoms with Crippen LogP contribution in [0.1, 0.15) is 11.6 Å². The van der Waals surface area contributed by atoms with E-state index in [4.69, 9.17) is 0 Å². The highest BCUT2D eigenvalue weighted by Gasteiger charge is 2.15. The molecule has 122 valence electrons. The van der Waals surface area contributed by atoms with E-state index in [0.717, 1.165) is 33.7 Å². The Morgan fingerprint density at radius 3 is 1.75 bits per heavy atom. The lowest BCUT2D eigenvalue weighted by molar-refractivity contribution is -0.929. The number of H-pyrrole nitrogens is 2. The molecule has 0 aliphatic heterocycles. The standard InChI is InChI=1S/C18H19N5O/c24-10-9-23(11-17-19-13-5-1-2-6-14(13)20-17)12-18-21-15-7-3-4-8-16(15)22-18/h1-8,24H,9-12H2,(H,19,20)(H,21,22)/p+1. The van der Waals surface area contributed by atoms with Gasteiger partial charge in [-0.2, -0.15) is 0 Å². The highest BCUT2D eigenvalue weighted by Crippen LogP contribution is 2.11. The predicted molar refractivity (Wildman–Crippen MR) is 92.5 cm³/mol. The number of hydrogen-bond donors (Lipinski definition) is 4. The Morgan fingerprint density at radius 1 is 0.792 bits per heavy atom. The third-order valence-electron chi connectivity index (χ3n) is 4.18. The van der Waals surface area contributed by atoms with Crippen LogP contribution in [0.4, 0.5) is 0 Å². The van der Waals surface area contributed by atoms with Crippen molar-refractivity contribution in [3.8, 4) is 0 Å². The lowest BCUT2D eigenvalue weighted by atomic mass is 10.3. The molecule has 0 spiro atoms. The van der Waals surface area contributed by atoms with Gasteiger partial charge >= 0.3 is 0 Å². The molecule has 24 heavy (non-hydrogen) atoms. The summed E-state index contributed by atoms with van der Waals surface area (Å²) in [6.07, 6.45) is 0. The number of nitrogens with one attached hydrogen (secondary N) is 3. The Labute approximate surface area is 139 Å². The largest absolute Gasteiger partial charge is 0.391 e. The van der Waals surface area contributed by atoms with E-state index in [9.17, 15) is 5.11 Å². The van der Waals surface area contributed by atoms with E-state index >= 15 is 0 Å². The maximum atomic E-state index is 9.39. The molecule has 0 radical (unpaired) electrons. The van der Waals surface area contributed by atoms with Gasteiger partial charge in [-0.25, -0.2) is 9.97 Å². The Morgan fingerprint density at radius 2 is 1.29 bits per heavy atom. The van der Waals surface area contributed by atoms with Crippen LogP contribution in [-0.4, -0.2) is 38.2 Å². The molecule has 4 aromatic rings. The quantitative estimate of drug-likeness (QED) is 0.428. The molecule has 4 N–H and O–H groups in total. The van der Waals surface area contributed by atoms with Crippen molar-refractivity contribution in [1.82, 2.24) is 19.9 Å². The van der Waals surface area contributed by atoms with Crippen LogP contribution in [0.15, 0.2) is 48.5 Å². The van der Waals surface area contributed by atoms with Gasteiger partial charge in [0.1, 0.15) is 19.6 Å². The normalized spacial score (nSPS) is 11.8. The molecule has 0 saturated carbocycles. The molecule has 6 heteroatoms. The van der Waals surface area contributed by atoms with Crippen LogP contribution in [0.25, 0.3) is 22.1 Å². The van der Waals surface area contributed by atoms with Crippen LogP contribution in [-0.2, 0) is 13.1 Å². The number of hydrogen-bond acceptors (Lipinski definition) is 3. The molecule has 0 amide bonds. The summed E-state index contributed by atoms with van der Waals surface area (Å²) in [5.41, 5.74) is 4.03. The van der Waals surface area contributed by atoms with Crippen molar-refractivity contribution >= 4 is 22.1 Å². The molecular weight excluding hydrogens is 302 g/mol. The fraction of sp³-hybridized carbons (Fsp3) is 0.222. The number of aromatic nitrogens is 4. The van der Waals surface area contributed by atoms with E-state index in [2.05, 4.69) is 19.9 Å². The van der Waals surface area contributed by atoms with Crippen molar-refractivity contribution < 1.29 is 10.0 Å². The Hall–Kier alpha value is -2.70. The van der Waals surface area contributed by atoms with E-state index < -0.39 is 0 Å². The second-order valence-corrected chi connectivity index (χ2v) is 5.98. The van der Waals surface area contributed by atoms with Gasteiger partial charge in [-0.3, -0.25) is 0 Å². The maximum Gasteiger partial charge on any atom is 0.162 e. The average Bonchev–Trinajstić information content (AvgIpc) is 3.17. The minimum Gasteiger partial charge on any atom is -0.391 e. The summed E-state index contributed by atoms with van der Waals surface area (Å²) in [6.45, 7) is 2.21. The van der Waals surface area contributed by atoms with Crippen LogP contribution >= 0.6 is 0 Å². The second kappa shape index (κ2) is 6.43. The van der Waals surface area contributed by atoms with Crippen molar-refractivity contribution in [1.29, 1.82) is 0 Å². The van der Waals surface area contributed by atoms with Gasteiger partial charge in [-0.05, 0) is 24.3 Å². The monoisotopic (exact) mass is 322 g/mol. The second-order valence-electron chi connectivity index (χ2n) is 5.98. The zero-order chi connectivity index (χ0) is 16.4. The molecule has 0 bridgehead atoms. The number of rotatable bonds is 6. The fourth-order valence-electron chi connectivity index (χ4n) is 3.05. The number of quaternary nitrogens is 1. The van der Waals surface area contributed by atoms with E-state index in [0.29, 0.717) is 19.6 Å². The summed E-state index contributed by atoms with van der Waals surface area (Å²) in [7, 11) is 0. The minimum absolute atomic E-state index is 0.135. The van der Waals surface area contributed by atoms with Gasteiger partial charge < -0.3 is 20.0 Å². The first kappa shape index (κ1) is 14.9. The van der Waals surface area contributed by atoms with E-state index in [1.807, 2.05) is 48.5 Å². The number of nitrogens with zero attached hydrogens (tertiary/aromatic N) is 2. The SMILES string of the molecule is OCC[NH+](Cc1nc2ccccc2[nH]1)Cc1nc2ccccc2[nH]1. The van der Waals surface area contributed by atoms with Crippen molar-refractivity contribution in [2.45, 2.75) is 13.1 Å². The topological polar surface area (TPSA) is 82.0 Å². The summed E-state index contributed by atoms with van der Waals surface area (Å²) in [5, 5.41) is 9.39. The lowest BCUT2D eigenvalue weighted by Crippen LogP contribution is -3.10. The first-order valence-corrected chi connectivity index (χ1v) is 8.13. The number of fused-ring (bicyclic) bond motifs is 2. The Balaban J connectivity index is 1.54. The van der Waals surface area contributed by atoms with Gasteiger partial charge in [0.25, 0.3) is 0 Å². The number of imidazole rings is 2. The van der Waals surface area contributed by atoms with E-state index in [-0.39, 0.29) is 6.61 Å². The fourth-order valence-corrected chi connectivity index (χ4v) is 3.05. The Bertz CT molecular complexity index is 816.